The highest BCUT2D eigenvalue weighted by Crippen LogP contribution is 2.22. The van der Waals surface area contributed by atoms with Gasteiger partial charge in [-0.1, -0.05) is 0 Å². The van der Waals surface area contributed by atoms with Gasteiger partial charge in [0.1, 0.15) is 23.5 Å². The van der Waals surface area contributed by atoms with Crippen molar-refractivity contribution >= 4 is 24.1 Å². The van der Waals surface area contributed by atoms with Gasteiger partial charge < -0.3 is 9.47 Å². The van der Waals surface area contributed by atoms with Gasteiger partial charge in [0.15, 0.2) is 11.6 Å². The molecule has 0 fully saturated rings. The number of ether oxygens (including phenoxy) is 2. The first-order valence-electron chi connectivity index (χ1n) is 9.25. The van der Waals surface area contributed by atoms with Gasteiger partial charge in [-0.25, -0.2) is 24.4 Å². The molecule has 0 saturated heterocycles. The third-order valence-electron chi connectivity index (χ3n) is 3.54. The zero-order valence-corrected chi connectivity index (χ0v) is 17.3. The predicted octanol–water partition coefficient (Wildman–Crippen LogP) is 4.47. The number of alkyl halides is 3. The lowest BCUT2D eigenvalue weighted by Gasteiger charge is -2.19. The first-order valence-corrected chi connectivity index (χ1v) is 9.25. The second-order valence-corrected chi connectivity index (χ2v) is 7.38. The fourth-order valence-corrected chi connectivity index (χ4v) is 2.32. The highest BCUT2D eigenvalue weighted by atomic mass is 19.4. The van der Waals surface area contributed by atoms with Gasteiger partial charge in [-0.3, -0.25) is 5.32 Å². The molecule has 1 N–H and O–H groups in total. The molecule has 168 valence electrons. The van der Waals surface area contributed by atoms with Crippen molar-refractivity contribution in [2.45, 2.75) is 32.7 Å². The van der Waals surface area contributed by atoms with Crippen LogP contribution in [0.5, 0.6) is 5.75 Å². The van der Waals surface area contributed by atoms with Crippen LogP contribution in [0.1, 0.15) is 32.2 Å². The molecule has 9 nitrogen and oxygen atoms in total. The Morgan fingerprint density at radius 2 is 1.81 bits per heavy atom. The van der Waals surface area contributed by atoms with Crippen LogP contribution in [-0.2, 0) is 4.74 Å². The minimum Gasteiger partial charge on any atom is -0.444 e. The Morgan fingerprint density at radius 3 is 2.41 bits per heavy atom. The number of halogens is 3. The van der Waals surface area contributed by atoms with Gasteiger partial charge >= 0.3 is 12.5 Å². The largest absolute Gasteiger partial charge is 0.573 e. The topological polar surface area (TPSA) is 104 Å². The van der Waals surface area contributed by atoms with Crippen molar-refractivity contribution in [1.29, 1.82) is 0 Å². The first-order chi connectivity index (χ1) is 15.0. The van der Waals surface area contributed by atoms with E-state index in [-0.39, 0.29) is 5.82 Å². The Hall–Kier alpha value is -3.96. The molecule has 32 heavy (non-hydrogen) atoms. The van der Waals surface area contributed by atoms with E-state index in [9.17, 15) is 18.0 Å². The third-order valence-corrected chi connectivity index (χ3v) is 3.54. The number of hydrogen-bond donors (Lipinski definition) is 1. The first kappa shape index (κ1) is 22.7. The normalized spacial score (nSPS) is 12.1. The van der Waals surface area contributed by atoms with Crippen LogP contribution < -0.4 is 10.1 Å². The molecule has 0 radical (unpaired) electrons. The molecule has 0 aliphatic rings. The SMILES string of the molecule is CC(C)(C)OC(=O)Nc1ccc(/C=C/c2ncn(-c3ccc(OC(F)(F)F)cn3)n2)cn1. The van der Waals surface area contributed by atoms with Crippen LogP contribution in [0.2, 0.25) is 0 Å². The maximum atomic E-state index is 12.2. The number of hydrogen-bond acceptors (Lipinski definition) is 7. The molecule has 3 rings (SSSR count). The summed E-state index contributed by atoms with van der Waals surface area (Å²) in [4.78, 5) is 23.9. The summed E-state index contributed by atoms with van der Waals surface area (Å²) in [5, 5.41) is 6.72. The minimum atomic E-state index is -4.78. The van der Waals surface area contributed by atoms with Crippen LogP contribution in [0, 0.1) is 0 Å². The smallest absolute Gasteiger partial charge is 0.444 e. The Labute approximate surface area is 180 Å². The van der Waals surface area contributed by atoms with Gasteiger partial charge in [0.2, 0.25) is 0 Å². The van der Waals surface area contributed by atoms with Gasteiger partial charge in [0.05, 0.1) is 6.20 Å². The molecule has 0 unspecified atom stereocenters. The molecule has 0 bridgehead atoms. The monoisotopic (exact) mass is 448 g/mol. The molecular weight excluding hydrogens is 429 g/mol. The van der Waals surface area contributed by atoms with Gasteiger partial charge in [-0.2, -0.15) is 0 Å². The quantitative estimate of drug-likeness (QED) is 0.614. The molecule has 0 saturated carbocycles. The zero-order chi connectivity index (χ0) is 23.4. The number of pyridine rings is 2. The maximum absolute atomic E-state index is 12.2. The third kappa shape index (κ3) is 7.07. The Balaban J connectivity index is 1.60. The Morgan fingerprint density at radius 1 is 1.03 bits per heavy atom. The van der Waals surface area contributed by atoms with Crippen LogP contribution in [0.4, 0.5) is 23.8 Å². The summed E-state index contributed by atoms with van der Waals surface area (Å²) in [6.45, 7) is 5.28. The number of carbonyl (C=O) groups is 1. The molecular formula is C20H19F3N6O3. The van der Waals surface area contributed by atoms with Gasteiger partial charge in [0, 0.05) is 6.20 Å². The van der Waals surface area contributed by atoms with Crippen molar-refractivity contribution in [1.82, 2.24) is 24.7 Å². The summed E-state index contributed by atoms with van der Waals surface area (Å²) in [6, 6.07) is 5.80. The molecule has 0 aromatic carbocycles. The van der Waals surface area contributed by atoms with E-state index in [1.807, 2.05) is 0 Å². The molecule has 3 aromatic heterocycles. The summed E-state index contributed by atoms with van der Waals surface area (Å²) in [7, 11) is 0. The summed E-state index contributed by atoms with van der Waals surface area (Å²) in [6.07, 6.45) is 1.80. The predicted molar refractivity (Wildman–Crippen MR) is 109 cm³/mol. The summed E-state index contributed by atoms with van der Waals surface area (Å²) >= 11 is 0. The molecule has 0 aliphatic carbocycles. The van der Waals surface area contributed by atoms with Crippen LogP contribution >= 0.6 is 0 Å². The van der Waals surface area contributed by atoms with E-state index in [1.165, 1.54) is 17.1 Å². The fourth-order valence-electron chi connectivity index (χ4n) is 2.32. The van der Waals surface area contributed by atoms with Crippen molar-refractivity contribution in [3.8, 4) is 11.6 Å². The van der Waals surface area contributed by atoms with Crippen molar-refractivity contribution in [3.63, 3.8) is 0 Å². The van der Waals surface area contributed by atoms with E-state index in [0.29, 0.717) is 11.6 Å². The van der Waals surface area contributed by atoms with Gasteiger partial charge in [-0.15, -0.1) is 18.3 Å². The number of nitrogens with one attached hydrogen (secondary N) is 1. The summed E-state index contributed by atoms with van der Waals surface area (Å²) in [5.41, 5.74) is 0.111. The zero-order valence-electron chi connectivity index (χ0n) is 17.3. The average molecular weight is 448 g/mol. The Kier molecular flexibility index (Phi) is 6.42. The van der Waals surface area contributed by atoms with Crippen molar-refractivity contribution in [2.75, 3.05) is 5.32 Å². The second-order valence-electron chi connectivity index (χ2n) is 7.38. The maximum Gasteiger partial charge on any atom is 0.573 e. The van der Waals surface area contributed by atoms with Crippen molar-refractivity contribution < 1.29 is 27.4 Å². The number of rotatable bonds is 5. The van der Waals surface area contributed by atoms with E-state index < -0.39 is 23.8 Å². The standard InChI is InChI=1S/C20H19F3N6O3/c1-19(2,3)32-18(30)27-15-7-4-13(10-24-15)5-8-16-26-12-29(28-16)17-9-6-14(11-25-17)31-20(21,22)23/h4-12H,1-3H3,(H,24,27,30)/b8-5+. The number of aromatic nitrogens is 5. The molecule has 0 atom stereocenters. The molecule has 1 amide bonds. The minimum absolute atomic E-state index is 0.269. The summed E-state index contributed by atoms with van der Waals surface area (Å²) in [5.74, 6) is 0.519. The molecule has 3 heterocycles. The molecule has 12 heteroatoms. The highest BCUT2D eigenvalue weighted by molar-refractivity contribution is 5.83. The van der Waals surface area contributed by atoms with E-state index in [1.54, 1.807) is 51.3 Å². The van der Waals surface area contributed by atoms with Crippen LogP contribution in [0.3, 0.4) is 0 Å². The van der Waals surface area contributed by atoms with Crippen molar-refractivity contribution in [2.24, 2.45) is 0 Å². The van der Waals surface area contributed by atoms with Crippen LogP contribution in [0.25, 0.3) is 18.0 Å². The van der Waals surface area contributed by atoms with Gasteiger partial charge in [-0.05, 0) is 62.8 Å². The number of amides is 1. The lowest BCUT2D eigenvalue weighted by Crippen LogP contribution is -2.27. The average Bonchev–Trinajstić information content (AvgIpc) is 3.14. The van der Waals surface area contributed by atoms with E-state index in [0.717, 1.165) is 17.8 Å². The second kappa shape index (κ2) is 9.04. The Bertz CT molecular complexity index is 1090. The lowest BCUT2D eigenvalue weighted by molar-refractivity contribution is -0.274. The number of carbonyl (C=O) groups excluding carboxylic acids is 1. The summed E-state index contributed by atoms with van der Waals surface area (Å²) < 4.78 is 46.9. The van der Waals surface area contributed by atoms with Crippen LogP contribution in [-0.4, -0.2) is 42.8 Å². The number of anilines is 1. The fraction of sp³-hybridized carbons (Fsp3) is 0.250. The molecule has 3 aromatic rings. The van der Waals surface area contributed by atoms with Crippen molar-refractivity contribution in [3.05, 3.63) is 54.4 Å². The lowest BCUT2D eigenvalue weighted by atomic mass is 10.2. The number of nitrogens with zero attached hydrogens (tertiary/aromatic N) is 5. The van der Waals surface area contributed by atoms with E-state index >= 15 is 0 Å². The van der Waals surface area contributed by atoms with E-state index in [4.69, 9.17) is 4.74 Å². The van der Waals surface area contributed by atoms with Crippen LogP contribution in [0.15, 0.2) is 43.0 Å². The molecule has 0 aliphatic heterocycles. The van der Waals surface area contributed by atoms with E-state index in [2.05, 4.69) is 30.1 Å². The molecule has 0 spiro atoms. The highest BCUT2D eigenvalue weighted by Gasteiger charge is 2.31. The van der Waals surface area contributed by atoms with Gasteiger partial charge in [0.25, 0.3) is 0 Å².